The zero-order valence-corrected chi connectivity index (χ0v) is 17.0. The SMILES string of the molecule is Cc1ccc(OCC(=O)N2N=C(c3ccc(Cl)cc3)C[C@@H]2c2ccco2)cc1C. The van der Waals surface area contributed by atoms with Gasteiger partial charge < -0.3 is 9.15 Å². The van der Waals surface area contributed by atoms with Gasteiger partial charge in [0, 0.05) is 11.4 Å². The first-order chi connectivity index (χ1) is 14.0. The van der Waals surface area contributed by atoms with E-state index in [2.05, 4.69) is 5.10 Å². The molecule has 0 saturated heterocycles. The van der Waals surface area contributed by atoms with Crippen molar-refractivity contribution in [3.8, 4) is 5.75 Å². The van der Waals surface area contributed by atoms with Crippen LogP contribution in [-0.4, -0.2) is 23.2 Å². The van der Waals surface area contributed by atoms with Crippen molar-refractivity contribution in [2.24, 2.45) is 5.10 Å². The molecule has 0 aliphatic carbocycles. The second-order valence-corrected chi connectivity index (χ2v) is 7.50. The third-order valence-corrected chi connectivity index (χ3v) is 5.31. The van der Waals surface area contributed by atoms with Crippen molar-refractivity contribution in [1.29, 1.82) is 0 Å². The second-order valence-electron chi connectivity index (χ2n) is 7.06. The molecular weight excluding hydrogens is 388 g/mol. The van der Waals surface area contributed by atoms with Crippen LogP contribution in [0.4, 0.5) is 0 Å². The molecule has 1 aliphatic heterocycles. The van der Waals surface area contributed by atoms with E-state index in [0.717, 1.165) is 16.8 Å². The molecule has 2 heterocycles. The van der Waals surface area contributed by atoms with Gasteiger partial charge in [0.25, 0.3) is 5.91 Å². The van der Waals surface area contributed by atoms with Crippen LogP contribution in [0.5, 0.6) is 5.75 Å². The Hall–Kier alpha value is -3.05. The van der Waals surface area contributed by atoms with Gasteiger partial charge in [-0.15, -0.1) is 0 Å². The van der Waals surface area contributed by atoms with Gasteiger partial charge in [-0.3, -0.25) is 4.79 Å². The minimum atomic E-state index is -0.300. The Labute approximate surface area is 174 Å². The lowest BCUT2D eigenvalue weighted by molar-refractivity contribution is -0.135. The molecule has 29 heavy (non-hydrogen) atoms. The third-order valence-electron chi connectivity index (χ3n) is 5.06. The van der Waals surface area contributed by atoms with E-state index in [1.54, 1.807) is 6.26 Å². The Morgan fingerprint density at radius 1 is 1.17 bits per heavy atom. The van der Waals surface area contributed by atoms with Crippen molar-refractivity contribution in [2.45, 2.75) is 26.3 Å². The summed E-state index contributed by atoms with van der Waals surface area (Å²) in [5, 5.41) is 6.71. The van der Waals surface area contributed by atoms with E-state index in [9.17, 15) is 4.79 Å². The number of rotatable bonds is 5. The van der Waals surface area contributed by atoms with Crippen molar-refractivity contribution >= 4 is 23.2 Å². The van der Waals surface area contributed by atoms with Crippen molar-refractivity contribution in [3.05, 3.63) is 88.3 Å². The highest BCUT2D eigenvalue weighted by atomic mass is 35.5. The lowest BCUT2D eigenvalue weighted by Gasteiger charge is -2.20. The van der Waals surface area contributed by atoms with Crippen molar-refractivity contribution < 1.29 is 13.9 Å². The maximum atomic E-state index is 12.9. The first-order valence-electron chi connectivity index (χ1n) is 9.40. The number of amides is 1. The molecule has 5 nitrogen and oxygen atoms in total. The fourth-order valence-electron chi connectivity index (χ4n) is 3.27. The van der Waals surface area contributed by atoms with Crippen molar-refractivity contribution in [3.63, 3.8) is 0 Å². The highest BCUT2D eigenvalue weighted by molar-refractivity contribution is 6.30. The van der Waals surface area contributed by atoms with Gasteiger partial charge in [0.2, 0.25) is 0 Å². The van der Waals surface area contributed by atoms with Crippen LogP contribution in [0.25, 0.3) is 0 Å². The number of carbonyl (C=O) groups excluding carboxylic acids is 1. The lowest BCUT2D eigenvalue weighted by Crippen LogP contribution is -2.31. The van der Waals surface area contributed by atoms with Gasteiger partial charge in [-0.1, -0.05) is 29.8 Å². The number of hydrogen-bond donors (Lipinski definition) is 0. The molecule has 0 N–H and O–H groups in total. The summed E-state index contributed by atoms with van der Waals surface area (Å²) in [5.41, 5.74) is 4.03. The molecule has 0 bridgehead atoms. The number of furan rings is 1. The maximum absolute atomic E-state index is 12.9. The fourth-order valence-corrected chi connectivity index (χ4v) is 3.40. The van der Waals surface area contributed by atoms with Gasteiger partial charge in [0.15, 0.2) is 6.61 Å². The normalized spacial score (nSPS) is 16.0. The first kappa shape index (κ1) is 19.3. The number of benzene rings is 2. The van der Waals surface area contributed by atoms with Crippen LogP contribution < -0.4 is 4.74 Å². The summed E-state index contributed by atoms with van der Waals surface area (Å²) in [5.74, 6) is 1.13. The van der Waals surface area contributed by atoms with Gasteiger partial charge in [-0.05, 0) is 66.9 Å². The molecular formula is C23H21ClN2O3. The third kappa shape index (κ3) is 4.20. The van der Waals surface area contributed by atoms with Crippen LogP contribution in [0.15, 0.2) is 70.4 Å². The Morgan fingerprint density at radius 2 is 1.97 bits per heavy atom. The summed E-state index contributed by atoms with van der Waals surface area (Å²) >= 11 is 5.99. The monoisotopic (exact) mass is 408 g/mol. The molecule has 6 heteroatoms. The zero-order valence-electron chi connectivity index (χ0n) is 16.3. The lowest BCUT2D eigenvalue weighted by atomic mass is 10.0. The molecule has 0 unspecified atom stereocenters. The van der Waals surface area contributed by atoms with Crippen LogP contribution in [-0.2, 0) is 4.79 Å². The summed E-state index contributed by atoms with van der Waals surface area (Å²) < 4.78 is 11.3. The second kappa shape index (κ2) is 8.13. The molecule has 0 saturated carbocycles. The number of ether oxygens (including phenoxy) is 1. The minimum Gasteiger partial charge on any atom is -0.484 e. The topological polar surface area (TPSA) is 55.0 Å². The van der Waals surface area contributed by atoms with E-state index >= 15 is 0 Å². The molecule has 4 rings (SSSR count). The molecule has 1 aliphatic rings. The Morgan fingerprint density at radius 3 is 2.66 bits per heavy atom. The molecule has 2 aromatic carbocycles. The van der Waals surface area contributed by atoms with Gasteiger partial charge in [0.1, 0.15) is 17.6 Å². The molecule has 0 fully saturated rings. The summed E-state index contributed by atoms with van der Waals surface area (Å²) in [6.45, 7) is 3.95. The maximum Gasteiger partial charge on any atom is 0.281 e. The van der Waals surface area contributed by atoms with E-state index < -0.39 is 0 Å². The number of hydrazone groups is 1. The minimum absolute atomic E-state index is 0.100. The molecule has 148 valence electrons. The van der Waals surface area contributed by atoms with Crippen LogP contribution in [0.3, 0.4) is 0 Å². The van der Waals surface area contributed by atoms with Crippen LogP contribution in [0.1, 0.15) is 34.9 Å². The van der Waals surface area contributed by atoms with Crippen LogP contribution in [0, 0.1) is 13.8 Å². The van der Waals surface area contributed by atoms with E-state index in [4.69, 9.17) is 20.8 Å². The van der Waals surface area contributed by atoms with Crippen LogP contribution >= 0.6 is 11.6 Å². The van der Waals surface area contributed by atoms with Crippen LogP contribution in [0.2, 0.25) is 5.02 Å². The molecule has 1 amide bonds. The number of carbonyl (C=O) groups is 1. The zero-order chi connectivity index (χ0) is 20.4. The van der Waals surface area contributed by atoms with E-state index in [1.807, 2.05) is 68.4 Å². The van der Waals surface area contributed by atoms with E-state index in [-0.39, 0.29) is 18.6 Å². The fraction of sp³-hybridized carbons (Fsp3) is 0.217. The van der Waals surface area contributed by atoms with Crippen molar-refractivity contribution in [1.82, 2.24) is 5.01 Å². The number of aryl methyl sites for hydroxylation is 2. The highest BCUT2D eigenvalue weighted by Crippen LogP contribution is 2.33. The number of hydrogen-bond acceptors (Lipinski definition) is 4. The average molecular weight is 409 g/mol. The Bertz CT molecular complexity index is 1040. The van der Waals surface area contributed by atoms with Gasteiger partial charge >= 0.3 is 0 Å². The van der Waals surface area contributed by atoms with E-state index in [1.165, 1.54) is 10.6 Å². The molecule has 0 radical (unpaired) electrons. The summed E-state index contributed by atoms with van der Waals surface area (Å²) in [4.78, 5) is 12.9. The van der Waals surface area contributed by atoms with Gasteiger partial charge in [-0.2, -0.15) is 5.10 Å². The first-order valence-corrected chi connectivity index (χ1v) is 9.78. The molecule has 3 aromatic rings. The standard InChI is InChI=1S/C23H21ClN2O3/c1-15-5-10-19(12-16(15)2)29-14-23(27)26-21(22-4-3-11-28-22)13-20(25-26)17-6-8-18(24)9-7-17/h3-12,21H,13-14H2,1-2H3/t21-/m1/s1. The Kier molecular flexibility index (Phi) is 5.41. The predicted molar refractivity (Wildman–Crippen MR) is 112 cm³/mol. The van der Waals surface area contributed by atoms with Gasteiger partial charge in [0.05, 0.1) is 12.0 Å². The largest absolute Gasteiger partial charge is 0.484 e. The number of halogens is 1. The number of nitrogens with zero attached hydrogens (tertiary/aromatic N) is 2. The molecule has 0 spiro atoms. The summed E-state index contributed by atoms with van der Waals surface area (Å²) in [6.07, 6.45) is 2.16. The molecule has 1 atom stereocenters. The molecule has 1 aromatic heterocycles. The Balaban J connectivity index is 1.54. The average Bonchev–Trinajstić information content (AvgIpc) is 3.39. The summed E-state index contributed by atoms with van der Waals surface area (Å²) in [7, 11) is 0. The summed E-state index contributed by atoms with van der Waals surface area (Å²) in [6, 6.07) is 16.6. The smallest absolute Gasteiger partial charge is 0.281 e. The predicted octanol–water partition coefficient (Wildman–Crippen LogP) is 5.31. The van der Waals surface area contributed by atoms with Crippen molar-refractivity contribution in [2.75, 3.05) is 6.61 Å². The highest BCUT2D eigenvalue weighted by Gasteiger charge is 2.35. The quantitative estimate of drug-likeness (QED) is 0.575. The van der Waals surface area contributed by atoms with Gasteiger partial charge in [-0.25, -0.2) is 5.01 Å². The van der Waals surface area contributed by atoms with E-state index in [0.29, 0.717) is 23.0 Å².